The Bertz CT molecular complexity index is 645. The van der Waals surface area contributed by atoms with E-state index in [9.17, 15) is 4.79 Å². The van der Waals surface area contributed by atoms with E-state index in [2.05, 4.69) is 23.5 Å². The third-order valence-corrected chi connectivity index (χ3v) is 6.90. The van der Waals surface area contributed by atoms with Crippen LogP contribution in [0.4, 0.5) is 0 Å². The van der Waals surface area contributed by atoms with Gasteiger partial charge >= 0.3 is 0 Å². The summed E-state index contributed by atoms with van der Waals surface area (Å²) in [6, 6.07) is 8.67. The molecule has 0 spiro atoms. The molecule has 5 heteroatoms. The van der Waals surface area contributed by atoms with Crippen LogP contribution in [-0.2, 0) is 27.4 Å². The van der Waals surface area contributed by atoms with Gasteiger partial charge < -0.3 is 20.5 Å². The highest BCUT2D eigenvalue weighted by atomic mass is 16.5. The first-order chi connectivity index (χ1) is 13.7. The third kappa shape index (κ3) is 4.94. The summed E-state index contributed by atoms with van der Waals surface area (Å²) in [6.45, 7) is 2.80. The fraction of sp³-hybridized carbons (Fsp3) is 0.696. The molecule has 5 nitrogen and oxygen atoms in total. The average Bonchev–Trinajstić information content (AvgIpc) is 2.71. The van der Waals surface area contributed by atoms with E-state index in [1.807, 2.05) is 6.07 Å². The summed E-state index contributed by atoms with van der Waals surface area (Å²) in [5.41, 5.74) is 8.66. The maximum Gasteiger partial charge on any atom is 0.223 e. The normalized spacial score (nSPS) is 30.8. The van der Waals surface area contributed by atoms with E-state index in [1.54, 1.807) is 0 Å². The minimum Gasteiger partial charge on any atom is -0.381 e. The predicted octanol–water partition coefficient (Wildman–Crippen LogP) is 3.15. The second-order valence-electron chi connectivity index (χ2n) is 8.86. The second-order valence-corrected chi connectivity index (χ2v) is 8.86. The molecule has 0 radical (unpaired) electrons. The molecule has 2 bridgehead atoms. The van der Waals surface area contributed by atoms with Gasteiger partial charge in [0.25, 0.3) is 0 Å². The van der Waals surface area contributed by atoms with Crippen molar-refractivity contribution in [2.75, 3.05) is 13.2 Å². The van der Waals surface area contributed by atoms with Crippen molar-refractivity contribution in [2.45, 2.75) is 70.2 Å². The average molecular weight is 387 g/mol. The van der Waals surface area contributed by atoms with Crippen LogP contribution >= 0.6 is 0 Å². The van der Waals surface area contributed by atoms with Crippen LogP contribution in [0.15, 0.2) is 24.3 Å². The van der Waals surface area contributed by atoms with Gasteiger partial charge in [0, 0.05) is 31.7 Å². The van der Waals surface area contributed by atoms with E-state index < -0.39 is 0 Å². The van der Waals surface area contributed by atoms with E-state index >= 15 is 0 Å². The van der Waals surface area contributed by atoms with Gasteiger partial charge in [-0.1, -0.05) is 30.7 Å². The standard InChI is InChI=1S/C23H34N2O3/c24-22-18-5-2-6-19(22)13-20(12-18)23(26)25-14-16-3-1-4-17(11-16)15-28-21-7-9-27-10-8-21/h1,3-4,11,18-22H,2,5-10,12-15,24H2,(H,25,26). The van der Waals surface area contributed by atoms with Crippen LogP contribution in [0.2, 0.25) is 0 Å². The fourth-order valence-corrected chi connectivity index (χ4v) is 5.22. The minimum absolute atomic E-state index is 0.134. The Labute approximate surface area is 168 Å². The molecule has 1 aliphatic heterocycles. The number of fused-ring (bicyclic) bond motifs is 2. The van der Waals surface area contributed by atoms with Gasteiger partial charge in [0.1, 0.15) is 0 Å². The van der Waals surface area contributed by atoms with Gasteiger partial charge in [-0.3, -0.25) is 4.79 Å². The smallest absolute Gasteiger partial charge is 0.223 e. The Kier molecular flexibility index (Phi) is 6.65. The van der Waals surface area contributed by atoms with E-state index in [0.717, 1.165) is 50.0 Å². The van der Waals surface area contributed by atoms with Gasteiger partial charge in [0.15, 0.2) is 0 Å². The lowest BCUT2D eigenvalue weighted by molar-refractivity contribution is -0.128. The molecule has 4 rings (SSSR count). The predicted molar refractivity (Wildman–Crippen MR) is 108 cm³/mol. The lowest BCUT2D eigenvalue weighted by Crippen LogP contribution is -2.49. The van der Waals surface area contributed by atoms with Crippen LogP contribution in [0.1, 0.15) is 56.1 Å². The number of benzene rings is 1. The number of amides is 1. The molecule has 3 aliphatic rings. The monoisotopic (exact) mass is 386 g/mol. The number of hydrogen-bond donors (Lipinski definition) is 2. The summed E-state index contributed by atoms with van der Waals surface area (Å²) in [7, 11) is 0. The summed E-state index contributed by atoms with van der Waals surface area (Å²) >= 11 is 0. The molecule has 1 aromatic rings. The quantitative estimate of drug-likeness (QED) is 0.788. The minimum atomic E-state index is 0.134. The fourth-order valence-electron chi connectivity index (χ4n) is 5.22. The SMILES string of the molecule is NC1C2CCCC1CC(C(=O)NCc1cccc(COC3CCOCC3)c1)C2. The largest absolute Gasteiger partial charge is 0.381 e. The van der Waals surface area contributed by atoms with Crippen LogP contribution in [0.5, 0.6) is 0 Å². The summed E-state index contributed by atoms with van der Waals surface area (Å²) < 4.78 is 11.4. The van der Waals surface area contributed by atoms with E-state index in [1.165, 1.54) is 19.3 Å². The van der Waals surface area contributed by atoms with E-state index in [4.69, 9.17) is 15.2 Å². The molecule has 1 heterocycles. The maximum atomic E-state index is 12.7. The molecule has 2 saturated carbocycles. The summed E-state index contributed by atoms with van der Waals surface area (Å²) in [4.78, 5) is 12.7. The molecule has 154 valence electrons. The first kappa shape index (κ1) is 19.9. The van der Waals surface area contributed by atoms with Crippen molar-refractivity contribution in [3.05, 3.63) is 35.4 Å². The zero-order chi connectivity index (χ0) is 19.3. The van der Waals surface area contributed by atoms with Crippen molar-refractivity contribution in [3.63, 3.8) is 0 Å². The lowest BCUT2D eigenvalue weighted by atomic mass is 9.65. The number of nitrogens with one attached hydrogen (secondary N) is 1. The Morgan fingerprint density at radius 3 is 2.57 bits per heavy atom. The van der Waals surface area contributed by atoms with Crippen LogP contribution in [0, 0.1) is 17.8 Å². The second kappa shape index (κ2) is 9.38. The first-order valence-electron chi connectivity index (χ1n) is 11.0. The first-order valence-corrected chi connectivity index (χ1v) is 11.0. The zero-order valence-electron chi connectivity index (χ0n) is 16.8. The number of hydrogen-bond acceptors (Lipinski definition) is 4. The van der Waals surface area contributed by atoms with Gasteiger partial charge in [-0.15, -0.1) is 0 Å². The zero-order valence-corrected chi connectivity index (χ0v) is 16.8. The van der Waals surface area contributed by atoms with E-state index in [0.29, 0.717) is 37.1 Å². The summed E-state index contributed by atoms with van der Waals surface area (Å²) in [6.07, 6.45) is 7.83. The van der Waals surface area contributed by atoms with Crippen LogP contribution in [-0.4, -0.2) is 31.3 Å². The Morgan fingerprint density at radius 1 is 1.11 bits per heavy atom. The lowest BCUT2D eigenvalue weighted by Gasteiger charge is -2.43. The summed E-state index contributed by atoms with van der Waals surface area (Å²) in [5.74, 6) is 1.41. The number of nitrogens with two attached hydrogens (primary N) is 1. The van der Waals surface area contributed by atoms with Gasteiger partial charge in [-0.2, -0.15) is 0 Å². The Hall–Kier alpha value is -1.43. The Morgan fingerprint density at radius 2 is 1.82 bits per heavy atom. The highest BCUT2D eigenvalue weighted by Gasteiger charge is 2.40. The van der Waals surface area contributed by atoms with Crippen molar-refractivity contribution >= 4 is 5.91 Å². The van der Waals surface area contributed by atoms with Crippen molar-refractivity contribution in [2.24, 2.45) is 23.5 Å². The molecule has 1 aromatic carbocycles. The highest BCUT2D eigenvalue weighted by molar-refractivity contribution is 5.78. The van der Waals surface area contributed by atoms with Crippen molar-refractivity contribution in [1.82, 2.24) is 5.32 Å². The van der Waals surface area contributed by atoms with Crippen molar-refractivity contribution in [1.29, 1.82) is 0 Å². The number of carbonyl (C=O) groups excluding carboxylic acids is 1. The van der Waals surface area contributed by atoms with Crippen LogP contribution in [0.3, 0.4) is 0 Å². The number of ether oxygens (including phenoxy) is 2. The molecule has 2 unspecified atom stereocenters. The highest BCUT2D eigenvalue weighted by Crippen LogP contribution is 2.41. The van der Waals surface area contributed by atoms with Gasteiger partial charge in [-0.25, -0.2) is 0 Å². The maximum absolute atomic E-state index is 12.7. The van der Waals surface area contributed by atoms with Crippen molar-refractivity contribution in [3.8, 4) is 0 Å². The topological polar surface area (TPSA) is 73.6 Å². The van der Waals surface area contributed by atoms with Gasteiger partial charge in [-0.05, 0) is 61.5 Å². The Balaban J connectivity index is 1.26. The molecule has 3 fully saturated rings. The molecule has 3 N–H and O–H groups in total. The van der Waals surface area contributed by atoms with Gasteiger partial charge in [0.2, 0.25) is 5.91 Å². The van der Waals surface area contributed by atoms with Crippen LogP contribution < -0.4 is 11.1 Å². The number of carbonyl (C=O) groups is 1. The molecule has 1 saturated heterocycles. The molecule has 28 heavy (non-hydrogen) atoms. The molecule has 2 aliphatic carbocycles. The molecule has 0 aromatic heterocycles. The molecular weight excluding hydrogens is 352 g/mol. The number of rotatable bonds is 6. The van der Waals surface area contributed by atoms with Crippen molar-refractivity contribution < 1.29 is 14.3 Å². The third-order valence-electron chi connectivity index (χ3n) is 6.90. The van der Waals surface area contributed by atoms with Crippen LogP contribution in [0.25, 0.3) is 0 Å². The van der Waals surface area contributed by atoms with E-state index in [-0.39, 0.29) is 11.8 Å². The summed E-state index contributed by atoms with van der Waals surface area (Å²) in [5, 5.41) is 3.17. The molecule has 1 amide bonds. The molecular formula is C23H34N2O3. The van der Waals surface area contributed by atoms with Gasteiger partial charge in [0.05, 0.1) is 12.7 Å². The molecule has 2 atom stereocenters.